The van der Waals surface area contributed by atoms with Gasteiger partial charge in [-0.15, -0.1) is 11.3 Å². The summed E-state index contributed by atoms with van der Waals surface area (Å²) in [7, 11) is -4.04. The number of nitrogens with zero attached hydrogens (tertiary/aromatic N) is 5. The van der Waals surface area contributed by atoms with Gasteiger partial charge in [-0.1, -0.05) is 72.8 Å². The first-order valence-corrected chi connectivity index (χ1v) is 17.2. The highest BCUT2D eigenvalue weighted by molar-refractivity contribution is 7.91. The van der Waals surface area contributed by atoms with Crippen molar-refractivity contribution < 1.29 is 32.6 Å². The molecule has 2 amide bonds. The lowest BCUT2D eigenvalue weighted by Gasteiger charge is -2.21. The molecule has 6 aromatic rings. The highest BCUT2D eigenvalue weighted by Crippen LogP contribution is 2.27. The largest absolute Gasteiger partial charge is 0.480 e. The van der Waals surface area contributed by atoms with Crippen LogP contribution in [0, 0.1) is 0 Å². The van der Waals surface area contributed by atoms with Crippen LogP contribution in [0.2, 0.25) is 0 Å². The van der Waals surface area contributed by atoms with E-state index in [0.29, 0.717) is 10.2 Å². The minimum absolute atomic E-state index is 0.104. The molecule has 0 spiro atoms. The SMILES string of the molecule is O=C(O)CN(CCNS(=O)(=O)c1nc2ccccc2s1)C(=O)Cn1cnc2nc(NC(=O)OC(c3ccccc3)c3ccccc3)[nH]c(=O)c21. The fourth-order valence-corrected chi connectivity index (χ4v) is 7.31. The van der Waals surface area contributed by atoms with Gasteiger partial charge in [0.2, 0.25) is 16.2 Å². The van der Waals surface area contributed by atoms with Crippen LogP contribution in [-0.4, -0.2) is 80.5 Å². The van der Waals surface area contributed by atoms with E-state index in [1.807, 2.05) is 60.7 Å². The lowest BCUT2D eigenvalue weighted by atomic mass is 10.0. The Kier molecular flexibility index (Phi) is 9.93. The summed E-state index contributed by atoms with van der Waals surface area (Å²) in [6.45, 7) is -1.83. The molecule has 0 aliphatic heterocycles. The van der Waals surface area contributed by atoms with Gasteiger partial charge in [0.15, 0.2) is 17.3 Å². The number of anilines is 1. The van der Waals surface area contributed by atoms with Gasteiger partial charge in [0, 0.05) is 13.1 Å². The molecule has 0 saturated carbocycles. The highest BCUT2D eigenvalue weighted by atomic mass is 32.2. The summed E-state index contributed by atoms with van der Waals surface area (Å²) in [6.07, 6.45) is -0.486. The molecule has 0 fully saturated rings. The van der Waals surface area contributed by atoms with Crippen molar-refractivity contribution in [3.05, 3.63) is 113 Å². The number of fused-ring (bicyclic) bond motifs is 2. The number of H-pyrrole nitrogens is 1. The first-order valence-electron chi connectivity index (χ1n) is 14.9. The molecule has 4 N–H and O–H groups in total. The van der Waals surface area contributed by atoms with Crippen molar-refractivity contribution in [2.24, 2.45) is 0 Å². The fraction of sp³-hybridized carbons (Fsp3) is 0.156. The summed E-state index contributed by atoms with van der Waals surface area (Å²) in [5, 5.41) is 11.8. The van der Waals surface area contributed by atoms with Crippen LogP contribution in [0.3, 0.4) is 0 Å². The van der Waals surface area contributed by atoms with Crippen LogP contribution >= 0.6 is 11.3 Å². The van der Waals surface area contributed by atoms with Crippen LogP contribution < -0.4 is 15.6 Å². The number of rotatable bonds is 13. The molecule has 256 valence electrons. The minimum Gasteiger partial charge on any atom is -0.480 e. The van der Waals surface area contributed by atoms with Crippen LogP contribution in [0.5, 0.6) is 0 Å². The molecule has 0 atom stereocenters. The Bertz CT molecular complexity index is 2270. The quantitative estimate of drug-likeness (QED) is 0.136. The molecule has 0 aliphatic carbocycles. The molecule has 0 saturated heterocycles. The van der Waals surface area contributed by atoms with E-state index in [4.69, 9.17) is 4.74 Å². The van der Waals surface area contributed by atoms with Crippen molar-refractivity contribution in [3.63, 3.8) is 0 Å². The number of nitrogens with one attached hydrogen (secondary N) is 3. The zero-order chi connectivity index (χ0) is 35.3. The summed E-state index contributed by atoms with van der Waals surface area (Å²) in [5.41, 5.74) is 0.990. The maximum atomic E-state index is 13.2. The molecule has 3 heterocycles. The van der Waals surface area contributed by atoms with Crippen LogP contribution in [0.4, 0.5) is 10.7 Å². The number of aromatic nitrogens is 5. The molecule has 3 aromatic heterocycles. The van der Waals surface area contributed by atoms with Gasteiger partial charge in [0.1, 0.15) is 13.1 Å². The van der Waals surface area contributed by atoms with E-state index >= 15 is 0 Å². The van der Waals surface area contributed by atoms with E-state index in [1.165, 1.54) is 10.9 Å². The number of amides is 2. The van der Waals surface area contributed by atoms with Gasteiger partial charge in [0.25, 0.3) is 15.6 Å². The highest BCUT2D eigenvalue weighted by Gasteiger charge is 2.24. The number of sulfonamides is 1. The Balaban J connectivity index is 1.12. The number of carbonyl (C=O) groups is 3. The van der Waals surface area contributed by atoms with E-state index in [-0.39, 0.29) is 34.5 Å². The van der Waals surface area contributed by atoms with Gasteiger partial charge >= 0.3 is 12.1 Å². The Morgan fingerprint density at radius 3 is 2.28 bits per heavy atom. The molecule has 16 nitrogen and oxygen atoms in total. The second kappa shape index (κ2) is 14.6. The van der Waals surface area contributed by atoms with E-state index in [2.05, 4.69) is 30.0 Å². The van der Waals surface area contributed by atoms with Gasteiger partial charge in [-0.05, 0) is 23.3 Å². The normalized spacial score (nSPS) is 11.5. The zero-order valence-corrected chi connectivity index (χ0v) is 27.6. The summed E-state index contributed by atoms with van der Waals surface area (Å²) in [6, 6.07) is 25.1. The number of imidazole rings is 1. The Morgan fingerprint density at radius 2 is 1.62 bits per heavy atom. The number of benzene rings is 3. The third-order valence-corrected chi connectivity index (χ3v) is 10.2. The van der Waals surface area contributed by atoms with Crippen LogP contribution in [0.1, 0.15) is 17.2 Å². The minimum atomic E-state index is -4.04. The zero-order valence-electron chi connectivity index (χ0n) is 25.9. The number of carboxylic acid groups (broad SMARTS) is 1. The number of hydrogen-bond donors (Lipinski definition) is 4. The van der Waals surface area contributed by atoms with Gasteiger partial charge in [-0.3, -0.25) is 24.7 Å². The summed E-state index contributed by atoms with van der Waals surface area (Å²) < 4.78 is 35.4. The van der Waals surface area contributed by atoms with Crippen LogP contribution in [-0.2, 0) is 30.9 Å². The Morgan fingerprint density at radius 1 is 0.960 bits per heavy atom. The maximum Gasteiger partial charge on any atom is 0.414 e. The third-order valence-electron chi connectivity index (χ3n) is 7.30. The van der Waals surface area contributed by atoms with Gasteiger partial charge in [-0.25, -0.2) is 27.9 Å². The van der Waals surface area contributed by atoms with Crippen LogP contribution in [0.15, 0.2) is 100 Å². The Hall–Kier alpha value is -5.98. The lowest BCUT2D eigenvalue weighted by Crippen LogP contribution is -2.42. The van der Waals surface area contributed by atoms with Crippen molar-refractivity contribution in [1.29, 1.82) is 0 Å². The molecule has 6 rings (SSSR count). The number of hydrogen-bond acceptors (Lipinski definition) is 11. The summed E-state index contributed by atoms with van der Waals surface area (Å²) >= 11 is 0.975. The predicted molar refractivity (Wildman–Crippen MR) is 182 cm³/mol. The molecular formula is C32H28N8O8S2. The van der Waals surface area contributed by atoms with Crippen molar-refractivity contribution in [2.75, 3.05) is 25.0 Å². The first-order chi connectivity index (χ1) is 24.1. The van der Waals surface area contributed by atoms with Gasteiger partial charge < -0.3 is 19.3 Å². The summed E-state index contributed by atoms with van der Waals surface area (Å²) in [4.78, 5) is 66.5. The monoisotopic (exact) mass is 716 g/mol. The van der Waals surface area contributed by atoms with Gasteiger partial charge in [0.05, 0.1) is 16.5 Å². The van der Waals surface area contributed by atoms with Gasteiger partial charge in [-0.2, -0.15) is 4.98 Å². The number of aromatic amines is 1. The van der Waals surface area contributed by atoms with Crippen molar-refractivity contribution in [3.8, 4) is 0 Å². The molecule has 18 heteroatoms. The lowest BCUT2D eigenvalue weighted by molar-refractivity contribution is -0.144. The average molecular weight is 717 g/mol. The molecule has 0 aliphatic rings. The summed E-state index contributed by atoms with van der Waals surface area (Å²) in [5.74, 6) is -2.31. The Labute approximate surface area is 287 Å². The molecule has 0 bridgehead atoms. The van der Waals surface area contributed by atoms with E-state index in [0.717, 1.165) is 27.4 Å². The van der Waals surface area contributed by atoms with E-state index < -0.39 is 52.7 Å². The molecular weight excluding hydrogens is 689 g/mol. The first kappa shape index (κ1) is 33.9. The van der Waals surface area contributed by atoms with E-state index in [1.54, 1.807) is 24.3 Å². The maximum absolute atomic E-state index is 13.2. The molecule has 50 heavy (non-hydrogen) atoms. The number of para-hydroxylation sites is 1. The topological polar surface area (TPSA) is 219 Å². The van der Waals surface area contributed by atoms with Crippen molar-refractivity contribution >= 4 is 66.7 Å². The predicted octanol–water partition coefficient (Wildman–Crippen LogP) is 2.96. The smallest absolute Gasteiger partial charge is 0.414 e. The number of carbonyl (C=O) groups excluding carboxylic acids is 2. The van der Waals surface area contributed by atoms with E-state index in [9.17, 15) is 32.7 Å². The van der Waals surface area contributed by atoms with Crippen LogP contribution in [0.25, 0.3) is 21.4 Å². The van der Waals surface area contributed by atoms with Crippen molar-refractivity contribution in [2.45, 2.75) is 17.0 Å². The standard InChI is InChI=1S/C32H28N8O8S2/c41-24(39(18-25(42)43)16-15-34-50(46,47)32-35-22-13-7-8-14-23(22)49-32)17-40-19-33-28-26(40)29(44)37-30(36-28)38-31(45)48-27(20-9-3-1-4-10-20)21-11-5-2-6-12-21/h1-14,19,27,34H,15-18H2,(H,42,43)(H2,36,37,38,44,45). The molecule has 3 aromatic carbocycles. The second-order valence-corrected chi connectivity index (χ2v) is 13.7. The second-order valence-electron chi connectivity index (χ2n) is 10.7. The number of aliphatic carboxylic acids is 1. The number of thiazole rings is 1. The third kappa shape index (κ3) is 7.83. The molecule has 0 radical (unpaired) electrons. The number of carboxylic acids is 1. The molecule has 0 unspecified atom stereocenters. The number of ether oxygens (including phenoxy) is 1. The fourth-order valence-electron chi connectivity index (χ4n) is 5.03. The average Bonchev–Trinajstić information content (AvgIpc) is 3.72. The van der Waals surface area contributed by atoms with Crippen molar-refractivity contribution in [1.82, 2.24) is 34.1 Å².